The van der Waals surface area contributed by atoms with Crippen molar-refractivity contribution in [3.63, 3.8) is 0 Å². The van der Waals surface area contributed by atoms with Gasteiger partial charge in [0.25, 0.3) is 0 Å². The molecule has 100 valence electrons. The minimum atomic E-state index is 0.295. The predicted molar refractivity (Wildman–Crippen MR) is 74.4 cm³/mol. The maximum absolute atomic E-state index is 5.14. The quantitative estimate of drug-likeness (QED) is 0.641. The van der Waals surface area contributed by atoms with Crippen LogP contribution >= 0.6 is 0 Å². The molecular formula is C16H25NO. The van der Waals surface area contributed by atoms with Gasteiger partial charge in [-0.2, -0.15) is 0 Å². The molecule has 1 spiro atoms. The third-order valence-corrected chi connectivity index (χ3v) is 6.31. The van der Waals surface area contributed by atoms with E-state index in [-0.39, 0.29) is 0 Å². The fraction of sp³-hybridized carbons (Fsp3) is 0.812. The normalized spacial score (nSPS) is 47.1. The zero-order valence-electron chi connectivity index (χ0n) is 12.3. The Morgan fingerprint density at radius 3 is 2.72 bits per heavy atom. The Labute approximate surface area is 110 Å². The van der Waals surface area contributed by atoms with Gasteiger partial charge in [-0.3, -0.25) is 0 Å². The smallest absolute Gasteiger partial charge is 0.106 e. The van der Waals surface area contributed by atoms with Crippen LogP contribution in [0.25, 0.3) is 0 Å². The van der Waals surface area contributed by atoms with E-state index in [1.165, 1.54) is 30.5 Å². The van der Waals surface area contributed by atoms with Crippen LogP contribution in [0.15, 0.2) is 16.8 Å². The SMILES string of the molecule is CO/N=C1\C=C(C)[C@@H]2C[C@]13[C@H](C)CC[C@H]3C2(C)C. The lowest BCUT2D eigenvalue weighted by Gasteiger charge is -2.37. The van der Waals surface area contributed by atoms with Crippen LogP contribution in [0.4, 0.5) is 0 Å². The summed E-state index contributed by atoms with van der Waals surface area (Å²) in [5.74, 6) is 2.25. The minimum absolute atomic E-state index is 0.295. The molecule has 0 N–H and O–H groups in total. The summed E-state index contributed by atoms with van der Waals surface area (Å²) in [5, 5.41) is 4.40. The van der Waals surface area contributed by atoms with Crippen LogP contribution in [0.1, 0.15) is 47.0 Å². The molecule has 18 heavy (non-hydrogen) atoms. The van der Waals surface area contributed by atoms with Crippen molar-refractivity contribution in [1.82, 2.24) is 0 Å². The standard InChI is InChI=1S/C16H25NO/c1-10-8-14(17-18-5)16-9-12(10)15(3,4)13(16)7-6-11(16)2/h8,11-13H,6-7,9H2,1-5H3/b17-14+/t11-,12+,13+,16-/m1/s1. The van der Waals surface area contributed by atoms with Crippen molar-refractivity contribution in [2.75, 3.05) is 7.11 Å². The third kappa shape index (κ3) is 1.22. The third-order valence-electron chi connectivity index (χ3n) is 6.31. The van der Waals surface area contributed by atoms with E-state index in [1.807, 2.05) is 0 Å². The van der Waals surface area contributed by atoms with E-state index in [4.69, 9.17) is 4.84 Å². The molecule has 0 amide bonds. The van der Waals surface area contributed by atoms with Crippen LogP contribution in [0, 0.1) is 28.6 Å². The number of rotatable bonds is 1. The van der Waals surface area contributed by atoms with Gasteiger partial charge in [0, 0.05) is 5.41 Å². The molecule has 0 saturated heterocycles. The van der Waals surface area contributed by atoms with Gasteiger partial charge < -0.3 is 4.84 Å². The van der Waals surface area contributed by atoms with E-state index >= 15 is 0 Å². The zero-order valence-corrected chi connectivity index (χ0v) is 12.3. The molecule has 2 saturated carbocycles. The second-order valence-electron chi connectivity index (χ2n) is 7.20. The molecule has 4 atom stereocenters. The average Bonchev–Trinajstić information content (AvgIpc) is 2.72. The largest absolute Gasteiger partial charge is 0.399 e. The van der Waals surface area contributed by atoms with Crippen molar-refractivity contribution < 1.29 is 4.84 Å². The summed E-state index contributed by atoms with van der Waals surface area (Å²) in [4.78, 5) is 5.14. The molecule has 0 unspecified atom stereocenters. The van der Waals surface area contributed by atoms with Crippen LogP contribution in [-0.4, -0.2) is 12.8 Å². The molecule has 2 nitrogen and oxygen atoms in total. The van der Waals surface area contributed by atoms with Gasteiger partial charge in [0.15, 0.2) is 0 Å². The Morgan fingerprint density at radius 2 is 2.06 bits per heavy atom. The first-order chi connectivity index (χ1) is 8.44. The molecule has 0 aromatic carbocycles. The zero-order chi connectivity index (χ0) is 13.1. The Bertz CT molecular complexity index is 434. The summed E-state index contributed by atoms with van der Waals surface area (Å²) in [6, 6.07) is 0. The topological polar surface area (TPSA) is 21.6 Å². The molecular weight excluding hydrogens is 222 g/mol. The highest BCUT2D eigenvalue weighted by Gasteiger charge is 2.65. The van der Waals surface area contributed by atoms with Crippen LogP contribution in [-0.2, 0) is 4.84 Å². The molecule has 2 fully saturated rings. The Hall–Kier alpha value is -0.790. The Morgan fingerprint density at radius 1 is 1.33 bits per heavy atom. The van der Waals surface area contributed by atoms with Gasteiger partial charge in [-0.1, -0.05) is 31.5 Å². The van der Waals surface area contributed by atoms with E-state index in [0.717, 1.165) is 17.8 Å². The van der Waals surface area contributed by atoms with E-state index in [1.54, 1.807) is 7.11 Å². The second-order valence-corrected chi connectivity index (χ2v) is 7.20. The van der Waals surface area contributed by atoms with Crippen LogP contribution < -0.4 is 0 Å². The van der Waals surface area contributed by atoms with Gasteiger partial charge in [-0.15, -0.1) is 0 Å². The highest BCUT2D eigenvalue weighted by molar-refractivity contribution is 6.02. The summed E-state index contributed by atoms with van der Waals surface area (Å²) < 4.78 is 0. The van der Waals surface area contributed by atoms with Crippen molar-refractivity contribution in [2.24, 2.45) is 33.7 Å². The minimum Gasteiger partial charge on any atom is -0.399 e. The number of oxime groups is 1. The number of hydrogen-bond donors (Lipinski definition) is 0. The number of nitrogens with zero attached hydrogens (tertiary/aromatic N) is 1. The Balaban J connectivity index is 2.19. The molecule has 3 aliphatic rings. The van der Waals surface area contributed by atoms with Crippen molar-refractivity contribution >= 4 is 5.71 Å². The first kappa shape index (κ1) is 12.3. The molecule has 0 aromatic heterocycles. The van der Waals surface area contributed by atoms with Gasteiger partial charge in [-0.05, 0) is 55.4 Å². The molecule has 3 aliphatic carbocycles. The van der Waals surface area contributed by atoms with Crippen molar-refractivity contribution in [1.29, 1.82) is 0 Å². The first-order valence-corrected chi connectivity index (χ1v) is 7.24. The highest BCUT2D eigenvalue weighted by atomic mass is 16.6. The lowest BCUT2D eigenvalue weighted by molar-refractivity contribution is 0.168. The number of hydrogen-bond acceptors (Lipinski definition) is 2. The average molecular weight is 247 g/mol. The molecule has 0 heterocycles. The summed E-state index contributed by atoms with van der Waals surface area (Å²) in [6.07, 6.45) is 6.31. The fourth-order valence-corrected chi connectivity index (χ4v) is 5.44. The molecule has 2 heteroatoms. The van der Waals surface area contributed by atoms with E-state index in [9.17, 15) is 0 Å². The van der Waals surface area contributed by atoms with Gasteiger partial charge in [0.05, 0.1) is 5.71 Å². The van der Waals surface area contributed by atoms with Crippen LogP contribution in [0.2, 0.25) is 0 Å². The maximum atomic E-state index is 5.14. The van der Waals surface area contributed by atoms with Crippen LogP contribution in [0.5, 0.6) is 0 Å². The van der Waals surface area contributed by atoms with Gasteiger partial charge >= 0.3 is 0 Å². The second kappa shape index (κ2) is 3.61. The van der Waals surface area contributed by atoms with Gasteiger partial charge in [-0.25, -0.2) is 0 Å². The molecule has 2 bridgehead atoms. The summed E-state index contributed by atoms with van der Waals surface area (Å²) in [7, 11) is 1.67. The van der Waals surface area contributed by atoms with Crippen molar-refractivity contribution in [3.05, 3.63) is 11.6 Å². The van der Waals surface area contributed by atoms with Crippen molar-refractivity contribution in [2.45, 2.75) is 47.0 Å². The summed E-state index contributed by atoms with van der Waals surface area (Å²) >= 11 is 0. The highest BCUT2D eigenvalue weighted by Crippen LogP contribution is 2.70. The van der Waals surface area contributed by atoms with Gasteiger partial charge in [0.1, 0.15) is 7.11 Å². The summed E-state index contributed by atoms with van der Waals surface area (Å²) in [5.41, 5.74) is 3.43. The van der Waals surface area contributed by atoms with E-state index in [0.29, 0.717) is 10.8 Å². The van der Waals surface area contributed by atoms with Crippen molar-refractivity contribution in [3.8, 4) is 0 Å². The van der Waals surface area contributed by atoms with E-state index < -0.39 is 0 Å². The first-order valence-electron chi connectivity index (χ1n) is 7.24. The van der Waals surface area contributed by atoms with Crippen LogP contribution in [0.3, 0.4) is 0 Å². The molecule has 3 rings (SSSR count). The molecule has 0 radical (unpaired) electrons. The van der Waals surface area contributed by atoms with Gasteiger partial charge in [0.2, 0.25) is 0 Å². The fourth-order valence-electron chi connectivity index (χ4n) is 5.44. The monoisotopic (exact) mass is 247 g/mol. The molecule has 0 aromatic rings. The maximum Gasteiger partial charge on any atom is 0.106 e. The lowest BCUT2D eigenvalue weighted by atomic mass is 9.67. The number of fused-ring (bicyclic) bond motifs is 1. The van der Waals surface area contributed by atoms with E-state index in [2.05, 4.69) is 38.9 Å². The number of allylic oxidation sites excluding steroid dienone is 2. The summed E-state index contributed by atoms with van der Waals surface area (Å²) in [6.45, 7) is 9.62. The molecule has 0 aliphatic heterocycles. The lowest BCUT2D eigenvalue weighted by Crippen LogP contribution is -2.38. The Kier molecular flexibility index (Phi) is 2.46. The predicted octanol–water partition coefficient (Wildman–Crippen LogP) is 4.03.